The van der Waals surface area contributed by atoms with Crippen molar-refractivity contribution in [1.29, 1.82) is 0 Å². The SMILES string of the molecule is CC(C)C1CC(Nc2ccc(F)cc2Br)C1. The molecule has 0 aliphatic heterocycles. The smallest absolute Gasteiger partial charge is 0.124 e. The molecule has 0 radical (unpaired) electrons. The Hall–Kier alpha value is -0.570. The maximum atomic E-state index is 12.9. The molecule has 1 saturated carbocycles. The minimum atomic E-state index is -0.203. The van der Waals surface area contributed by atoms with Gasteiger partial charge < -0.3 is 5.32 Å². The summed E-state index contributed by atoms with van der Waals surface area (Å²) in [6.45, 7) is 4.55. The molecular formula is C13H17BrFN. The van der Waals surface area contributed by atoms with Crippen molar-refractivity contribution in [3.05, 3.63) is 28.5 Å². The van der Waals surface area contributed by atoms with E-state index in [-0.39, 0.29) is 5.82 Å². The zero-order valence-electron chi connectivity index (χ0n) is 9.63. The molecule has 88 valence electrons. The highest BCUT2D eigenvalue weighted by molar-refractivity contribution is 9.10. The van der Waals surface area contributed by atoms with E-state index in [1.54, 1.807) is 6.07 Å². The zero-order valence-corrected chi connectivity index (χ0v) is 11.2. The lowest BCUT2D eigenvalue weighted by Crippen LogP contribution is -2.37. The monoisotopic (exact) mass is 285 g/mol. The topological polar surface area (TPSA) is 12.0 Å². The molecule has 1 aromatic carbocycles. The Bertz CT molecular complexity index is 372. The molecule has 1 N–H and O–H groups in total. The first-order valence-electron chi connectivity index (χ1n) is 5.78. The molecule has 1 fully saturated rings. The van der Waals surface area contributed by atoms with Crippen LogP contribution >= 0.6 is 15.9 Å². The molecule has 2 rings (SSSR count). The van der Waals surface area contributed by atoms with Crippen LogP contribution in [0.1, 0.15) is 26.7 Å². The number of anilines is 1. The highest BCUT2D eigenvalue weighted by atomic mass is 79.9. The van der Waals surface area contributed by atoms with Crippen molar-refractivity contribution in [2.24, 2.45) is 11.8 Å². The third-order valence-electron chi connectivity index (χ3n) is 3.41. The molecule has 0 atom stereocenters. The summed E-state index contributed by atoms with van der Waals surface area (Å²) >= 11 is 3.37. The maximum absolute atomic E-state index is 12.9. The van der Waals surface area contributed by atoms with Gasteiger partial charge in [-0.15, -0.1) is 0 Å². The van der Waals surface area contributed by atoms with Crippen LogP contribution in [0.3, 0.4) is 0 Å². The predicted molar refractivity (Wildman–Crippen MR) is 69.1 cm³/mol. The normalized spacial score (nSPS) is 24.3. The van der Waals surface area contributed by atoms with Gasteiger partial charge in [-0.25, -0.2) is 4.39 Å². The Kier molecular flexibility index (Phi) is 3.53. The molecule has 0 heterocycles. The van der Waals surface area contributed by atoms with E-state index in [0.29, 0.717) is 6.04 Å². The van der Waals surface area contributed by atoms with Crippen molar-refractivity contribution in [2.75, 3.05) is 5.32 Å². The Morgan fingerprint density at radius 3 is 2.62 bits per heavy atom. The van der Waals surface area contributed by atoms with Crippen LogP contribution in [0, 0.1) is 17.7 Å². The second kappa shape index (κ2) is 4.74. The Morgan fingerprint density at radius 2 is 2.06 bits per heavy atom. The van der Waals surface area contributed by atoms with Gasteiger partial charge in [0.25, 0.3) is 0 Å². The van der Waals surface area contributed by atoms with Crippen molar-refractivity contribution in [1.82, 2.24) is 0 Å². The van der Waals surface area contributed by atoms with E-state index in [2.05, 4.69) is 35.1 Å². The lowest BCUT2D eigenvalue weighted by Gasteiger charge is -2.39. The molecule has 0 unspecified atom stereocenters. The summed E-state index contributed by atoms with van der Waals surface area (Å²) in [5.41, 5.74) is 0.994. The van der Waals surface area contributed by atoms with Gasteiger partial charge in [0.2, 0.25) is 0 Å². The highest BCUT2D eigenvalue weighted by Gasteiger charge is 2.31. The summed E-state index contributed by atoms with van der Waals surface area (Å²) < 4.78 is 13.7. The lowest BCUT2D eigenvalue weighted by atomic mass is 9.73. The van der Waals surface area contributed by atoms with Crippen molar-refractivity contribution in [3.63, 3.8) is 0 Å². The Morgan fingerprint density at radius 1 is 1.38 bits per heavy atom. The van der Waals surface area contributed by atoms with Crippen LogP contribution in [0.25, 0.3) is 0 Å². The number of hydrogen-bond acceptors (Lipinski definition) is 1. The van der Waals surface area contributed by atoms with Crippen LogP contribution in [0.4, 0.5) is 10.1 Å². The van der Waals surface area contributed by atoms with Crippen molar-refractivity contribution in [3.8, 4) is 0 Å². The summed E-state index contributed by atoms with van der Waals surface area (Å²) in [4.78, 5) is 0. The quantitative estimate of drug-likeness (QED) is 0.866. The number of benzene rings is 1. The summed E-state index contributed by atoms with van der Waals surface area (Å²) in [5.74, 6) is 1.41. The van der Waals surface area contributed by atoms with Crippen molar-refractivity contribution >= 4 is 21.6 Å². The fourth-order valence-corrected chi connectivity index (χ4v) is 2.62. The van der Waals surface area contributed by atoms with Gasteiger partial charge in [0, 0.05) is 16.2 Å². The van der Waals surface area contributed by atoms with Crippen LogP contribution in [-0.4, -0.2) is 6.04 Å². The first-order valence-corrected chi connectivity index (χ1v) is 6.57. The summed E-state index contributed by atoms with van der Waals surface area (Å²) in [7, 11) is 0. The van der Waals surface area contributed by atoms with E-state index >= 15 is 0 Å². The lowest BCUT2D eigenvalue weighted by molar-refractivity contribution is 0.212. The van der Waals surface area contributed by atoms with Crippen LogP contribution < -0.4 is 5.32 Å². The predicted octanol–water partition coefficient (Wildman–Crippen LogP) is 4.43. The number of rotatable bonds is 3. The second-order valence-electron chi connectivity index (χ2n) is 4.94. The fourth-order valence-electron chi connectivity index (χ4n) is 2.15. The van der Waals surface area contributed by atoms with Gasteiger partial charge in [0.05, 0.1) is 0 Å². The Balaban J connectivity index is 1.91. The van der Waals surface area contributed by atoms with E-state index < -0.39 is 0 Å². The molecule has 3 heteroatoms. The summed E-state index contributed by atoms with van der Waals surface area (Å²) in [6, 6.07) is 5.34. The minimum absolute atomic E-state index is 0.203. The molecule has 16 heavy (non-hydrogen) atoms. The third kappa shape index (κ3) is 2.57. The second-order valence-corrected chi connectivity index (χ2v) is 5.80. The minimum Gasteiger partial charge on any atom is -0.381 e. The molecule has 1 aromatic rings. The maximum Gasteiger partial charge on any atom is 0.124 e. The summed E-state index contributed by atoms with van der Waals surface area (Å²) in [5, 5.41) is 3.45. The molecule has 0 saturated heterocycles. The van der Waals surface area contributed by atoms with E-state index in [0.717, 1.165) is 22.0 Å². The summed E-state index contributed by atoms with van der Waals surface area (Å²) in [6.07, 6.45) is 2.45. The van der Waals surface area contributed by atoms with Crippen LogP contribution in [-0.2, 0) is 0 Å². The molecular weight excluding hydrogens is 269 g/mol. The Labute approximate surface area is 105 Å². The zero-order chi connectivity index (χ0) is 11.7. The average molecular weight is 286 g/mol. The van der Waals surface area contributed by atoms with Crippen LogP contribution in [0.5, 0.6) is 0 Å². The molecule has 1 aliphatic carbocycles. The molecule has 0 bridgehead atoms. The van der Waals surface area contributed by atoms with Gasteiger partial charge >= 0.3 is 0 Å². The van der Waals surface area contributed by atoms with E-state index in [1.165, 1.54) is 25.0 Å². The van der Waals surface area contributed by atoms with Crippen molar-refractivity contribution in [2.45, 2.75) is 32.7 Å². The largest absolute Gasteiger partial charge is 0.381 e. The highest BCUT2D eigenvalue weighted by Crippen LogP contribution is 2.36. The van der Waals surface area contributed by atoms with Crippen molar-refractivity contribution < 1.29 is 4.39 Å². The molecule has 1 nitrogen and oxygen atoms in total. The van der Waals surface area contributed by atoms with Gasteiger partial charge in [0.15, 0.2) is 0 Å². The van der Waals surface area contributed by atoms with Gasteiger partial charge in [-0.1, -0.05) is 13.8 Å². The first-order chi connectivity index (χ1) is 7.56. The van der Waals surface area contributed by atoms with Gasteiger partial charge in [-0.3, -0.25) is 0 Å². The number of halogens is 2. The van der Waals surface area contributed by atoms with E-state index in [4.69, 9.17) is 0 Å². The molecule has 1 aliphatic rings. The standard InChI is InChI=1S/C13H17BrFN/c1-8(2)9-5-11(6-9)16-13-4-3-10(15)7-12(13)14/h3-4,7-9,11,16H,5-6H2,1-2H3. The van der Waals surface area contributed by atoms with E-state index in [1.807, 2.05) is 0 Å². The number of hydrogen-bond donors (Lipinski definition) is 1. The van der Waals surface area contributed by atoms with Crippen LogP contribution in [0.2, 0.25) is 0 Å². The molecule has 0 aromatic heterocycles. The average Bonchev–Trinajstić information content (AvgIpc) is 2.12. The van der Waals surface area contributed by atoms with Crippen LogP contribution in [0.15, 0.2) is 22.7 Å². The number of nitrogens with one attached hydrogen (secondary N) is 1. The van der Waals surface area contributed by atoms with Gasteiger partial charge in [-0.05, 0) is 58.8 Å². The van der Waals surface area contributed by atoms with E-state index in [9.17, 15) is 4.39 Å². The first kappa shape index (κ1) is 11.9. The molecule has 0 amide bonds. The third-order valence-corrected chi connectivity index (χ3v) is 4.06. The van der Waals surface area contributed by atoms with Gasteiger partial charge in [0.1, 0.15) is 5.82 Å². The fraction of sp³-hybridized carbons (Fsp3) is 0.538. The molecule has 0 spiro atoms. The van der Waals surface area contributed by atoms with Gasteiger partial charge in [-0.2, -0.15) is 0 Å².